The molecule has 2 aromatic rings. The van der Waals surface area contributed by atoms with E-state index in [1.165, 1.54) is 36.4 Å². The summed E-state index contributed by atoms with van der Waals surface area (Å²) in [6.07, 6.45) is 1.30. The number of hydrogen-bond acceptors (Lipinski definition) is 7. The molecule has 11 heteroatoms. The van der Waals surface area contributed by atoms with E-state index in [2.05, 4.69) is 22.3 Å². The Kier molecular flexibility index (Phi) is 8.66. The summed E-state index contributed by atoms with van der Waals surface area (Å²) < 4.78 is 5.17. The molecule has 0 saturated heterocycles. The molecule has 0 aromatic heterocycles. The molecule has 0 bridgehead atoms. The van der Waals surface area contributed by atoms with Crippen LogP contribution >= 0.6 is 0 Å². The van der Waals surface area contributed by atoms with Gasteiger partial charge in [0, 0.05) is 38.2 Å². The van der Waals surface area contributed by atoms with E-state index in [1.54, 1.807) is 0 Å². The highest BCUT2D eigenvalue weighted by atomic mass is 16.6. The zero-order chi connectivity index (χ0) is 23.7. The maximum Gasteiger partial charge on any atom is 0.414 e. The van der Waals surface area contributed by atoms with Crippen molar-refractivity contribution in [2.75, 3.05) is 25.5 Å². The number of anilines is 1. The van der Waals surface area contributed by atoms with Crippen molar-refractivity contribution in [2.45, 2.75) is 19.4 Å². The molecule has 2 aromatic carbocycles. The van der Waals surface area contributed by atoms with Crippen LogP contribution in [0.4, 0.5) is 11.4 Å². The first-order chi connectivity index (χ1) is 15.2. The molecule has 0 saturated carbocycles. The van der Waals surface area contributed by atoms with Gasteiger partial charge in [0.05, 0.1) is 17.7 Å². The summed E-state index contributed by atoms with van der Waals surface area (Å²) >= 11 is 0. The number of carboxylic acid groups (broad SMARTS) is 2. The highest BCUT2D eigenvalue weighted by Crippen LogP contribution is 2.29. The first kappa shape index (κ1) is 24.3. The summed E-state index contributed by atoms with van der Waals surface area (Å²) in [7, 11) is 1.46. The molecule has 1 amide bonds. The number of non-ortho nitro benzene ring substituents is 1. The van der Waals surface area contributed by atoms with Gasteiger partial charge in [0.25, 0.3) is 5.69 Å². The normalized spacial score (nSPS) is 12.5. The lowest BCUT2D eigenvalue weighted by Gasteiger charge is -2.28. The number of rotatable bonds is 6. The summed E-state index contributed by atoms with van der Waals surface area (Å²) in [5, 5.41) is 28.4. The lowest BCUT2D eigenvalue weighted by molar-refractivity contribution is -0.384. The van der Waals surface area contributed by atoms with Gasteiger partial charge in [-0.1, -0.05) is 24.3 Å². The third kappa shape index (κ3) is 7.06. The highest BCUT2D eigenvalue weighted by Gasteiger charge is 2.18. The molecule has 0 aliphatic carbocycles. The monoisotopic (exact) mass is 445 g/mol. The van der Waals surface area contributed by atoms with Crippen molar-refractivity contribution in [1.29, 1.82) is 0 Å². The number of amides is 1. The van der Waals surface area contributed by atoms with Gasteiger partial charge in [-0.05, 0) is 23.6 Å². The number of carbonyl (C=O) groups excluding carboxylic acids is 1. The van der Waals surface area contributed by atoms with Gasteiger partial charge in [0.2, 0.25) is 5.91 Å². The number of nitro benzene ring substituents is 1. The molecular formula is C21H23N3O8. The Hall–Kier alpha value is -3.99. The third-order valence-corrected chi connectivity index (χ3v) is 4.72. The van der Waals surface area contributed by atoms with Gasteiger partial charge < -0.3 is 20.3 Å². The van der Waals surface area contributed by atoms with Gasteiger partial charge in [-0.15, -0.1) is 0 Å². The number of benzene rings is 2. The van der Waals surface area contributed by atoms with Gasteiger partial charge in [-0.2, -0.15) is 0 Å². The standard InChI is InChI=1S/C19H21N3O4.C2H2O4/c1-26-18-7-6-16(22(24)25)12-17(18)20-19(23)9-11-21-10-8-14-4-2-3-5-15(14)13-21;3-1(4)2(5)6/h2-7,12H,8-11,13H2,1H3,(H,20,23);(H,3,4)(H,5,6). The Labute approximate surface area is 183 Å². The molecule has 32 heavy (non-hydrogen) atoms. The van der Waals surface area contributed by atoms with Crippen molar-refractivity contribution in [3.63, 3.8) is 0 Å². The first-order valence-electron chi connectivity index (χ1n) is 9.59. The molecule has 0 atom stereocenters. The van der Waals surface area contributed by atoms with Crippen LogP contribution < -0.4 is 10.1 Å². The van der Waals surface area contributed by atoms with Crippen LogP contribution in [0.5, 0.6) is 5.75 Å². The number of carbonyl (C=O) groups is 3. The van der Waals surface area contributed by atoms with Crippen LogP contribution in [0.1, 0.15) is 17.5 Å². The molecule has 0 fully saturated rings. The van der Waals surface area contributed by atoms with E-state index in [1.807, 2.05) is 12.1 Å². The van der Waals surface area contributed by atoms with Crippen LogP contribution in [0.3, 0.4) is 0 Å². The molecule has 3 rings (SSSR count). The van der Waals surface area contributed by atoms with E-state index < -0.39 is 16.9 Å². The number of aliphatic carboxylic acids is 2. The number of nitrogens with one attached hydrogen (secondary N) is 1. The first-order valence-corrected chi connectivity index (χ1v) is 9.59. The number of fused-ring (bicyclic) bond motifs is 1. The summed E-state index contributed by atoms with van der Waals surface area (Å²) in [4.78, 5) is 43.1. The Morgan fingerprint density at radius 1 is 1.12 bits per heavy atom. The van der Waals surface area contributed by atoms with E-state index in [-0.39, 0.29) is 11.6 Å². The maximum atomic E-state index is 12.3. The SMILES string of the molecule is COc1ccc([N+](=O)[O-])cc1NC(=O)CCN1CCc2ccccc2C1.O=C(O)C(=O)O. The molecule has 1 heterocycles. The minimum Gasteiger partial charge on any atom is -0.495 e. The van der Waals surface area contributed by atoms with E-state index in [4.69, 9.17) is 24.5 Å². The molecule has 170 valence electrons. The molecule has 0 radical (unpaired) electrons. The van der Waals surface area contributed by atoms with E-state index in [0.717, 1.165) is 19.5 Å². The lowest BCUT2D eigenvalue weighted by atomic mass is 10.00. The molecule has 3 N–H and O–H groups in total. The fourth-order valence-electron chi connectivity index (χ4n) is 3.12. The Bertz CT molecular complexity index is 996. The van der Waals surface area contributed by atoms with Crippen molar-refractivity contribution in [2.24, 2.45) is 0 Å². The van der Waals surface area contributed by atoms with Crippen molar-refractivity contribution < 1.29 is 34.3 Å². The van der Waals surface area contributed by atoms with Gasteiger partial charge in [-0.3, -0.25) is 19.8 Å². The molecule has 0 spiro atoms. The van der Waals surface area contributed by atoms with Crippen LogP contribution in [-0.4, -0.2) is 58.1 Å². The second kappa shape index (κ2) is 11.4. The average Bonchev–Trinajstić information content (AvgIpc) is 2.77. The molecule has 0 unspecified atom stereocenters. The van der Waals surface area contributed by atoms with Crippen LogP contribution in [0.2, 0.25) is 0 Å². The summed E-state index contributed by atoms with van der Waals surface area (Å²) in [6, 6.07) is 12.5. The highest BCUT2D eigenvalue weighted by molar-refractivity contribution is 6.27. The van der Waals surface area contributed by atoms with E-state index in [0.29, 0.717) is 24.4 Å². The minimum absolute atomic E-state index is 0.0891. The number of nitro groups is 1. The fraction of sp³-hybridized carbons (Fsp3) is 0.286. The topological polar surface area (TPSA) is 159 Å². The Morgan fingerprint density at radius 3 is 2.38 bits per heavy atom. The second-order valence-corrected chi connectivity index (χ2v) is 6.85. The third-order valence-electron chi connectivity index (χ3n) is 4.72. The van der Waals surface area contributed by atoms with Gasteiger partial charge in [0.15, 0.2) is 0 Å². The molecular weight excluding hydrogens is 422 g/mol. The van der Waals surface area contributed by atoms with Crippen LogP contribution in [0.25, 0.3) is 0 Å². The predicted molar refractivity (Wildman–Crippen MR) is 114 cm³/mol. The largest absolute Gasteiger partial charge is 0.495 e. The Morgan fingerprint density at radius 2 is 1.78 bits per heavy atom. The number of methoxy groups -OCH3 is 1. The summed E-state index contributed by atoms with van der Waals surface area (Å²) in [5.41, 5.74) is 2.90. The lowest BCUT2D eigenvalue weighted by Crippen LogP contribution is -2.33. The zero-order valence-electron chi connectivity index (χ0n) is 17.3. The van der Waals surface area contributed by atoms with Crippen LogP contribution in [0.15, 0.2) is 42.5 Å². The van der Waals surface area contributed by atoms with E-state index in [9.17, 15) is 14.9 Å². The quantitative estimate of drug-likeness (QED) is 0.344. The second-order valence-electron chi connectivity index (χ2n) is 6.85. The predicted octanol–water partition coefficient (Wildman–Crippen LogP) is 2.15. The number of nitrogens with zero attached hydrogens (tertiary/aromatic N) is 2. The summed E-state index contributed by atoms with van der Waals surface area (Å²) in [6.45, 7) is 2.39. The van der Waals surface area contributed by atoms with Crippen molar-refractivity contribution >= 4 is 29.2 Å². The van der Waals surface area contributed by atoms with Crippen LogP contribution in [-0.2, 0) is 27.3 Å². The van der Waals surface area contributed by atoms with Gasteiger partial charge in [0.1, 0.15) is 5.75 Å². The van der Waals surface area contributed by atoms with Crippen molar-refractivity contribution in [3.05, 3.63) is 63.7 Å². The van der Waals surface area contributed by atoms with Crippen molar-refractivity contribution in [1.82, 2.24) is 4.90 Å². The van der Waals surface area contributed by atoms with Gasteiger partial charge in [-0.25, -0.2) is 9.59 Å². The van der Waals surface area contributed by atoms with Gasteiger partial charge >= 0.3 is 11.9 Å². The Balaban J connectivity index is 0.000000534. The average molecular weight is 445 g/mol. The number of ether oxygens (including phenoxy) is 1. The number of hydrogen-bond donors (Lipinski definition) is 3. The maximum absolute atomic E-state index is 12.3. The smallest absolute Gasteiger partial charge is 0.414 e. The summed E-state index contributed by atoms with van der Waals surface area (Å²) in [5.74, 6) is -3.44. The molecule has 11 nitrogen and oxygen atoms in total. The van der Waals surface area contributed by atoms with Crippen LogP contribution in [0, 0.1) is 10.1 Å². The fourth-order valence-corrected chi connectivity index (χ4v) is 3.12. The van der Waals surface area contributed by atoms with Crippen molar-refractivity contribution in [3.8, 4) is 5.75 Å². The molecule has 1 aliphatic rings. The molecule has 1 aliphatic heterocycles. The zero-order valence-corrected chi connectivity index (χ0v) is 17.3. The minimum atomic E-state index is -1.82. The number of carboxylic acids is 2. The van der Waals surface area contributed by atoms with E-state index >= 15 is 0 Å².